The Labute approximate surface area is 105 Å². The second kappa shape index (κ2) is 7.11. The van der Waals surface area contributed by atoms with Crippen LogP contribution in [0.15, 0.2) is 30.0 Å². The molecular formula is C13H15NO4. The topological polar surface area (TPSA) is 64.6 Å². The molecule has 96 valence electrons. The molecule has 1 aromatic rings. The number of hydrogen-bond acceptors (Lipinski definition) is 4. The highest BCUT2D eigenvalue weighted by Crippen LogP contribution is 2.13. The van der Waals surface area contributed by atoms with Crippen LogP contribution in [-0.4, -0.2) is 26.1 Å². The molecule has 0 aliphatic rings. The molecule has 18 heavy (non-hydrogen) atoms. The zero-order valence-corrected chi connectivity index (χ0v) is 10.3. The van der Waals surface area contributed by atoms with E-state index in [1.807, 2.05) is 0 Å². The Morgan fingerprint density at radius 2 is 2.00 bits per heavy atom. The van der Waals surface area contributed by atoms with E-state index >= 15 is 0 Å². The van der Waals surface area contributed by atoms with Gasteiger partial charge in [0.2, 0.25) is 6.41 Å². The Kier molecular flexibility index (Phi) is 5.44. The molecule has 5 nitrogen and oxygen atoms in total. The smallest absolute Gasteiger partial charge is 0.354 e. The number of carbonyl (C=O) groups is 2. The summed E-state index contributed by atoms with van der Waals surface area (Å²) in [7, 11) is 1.57. The third-order valence-electron chi connectivity index (χ3n) is 2.14. The van der Waals surface area contributed by atoms with Gasteiger partial charge in [0, 0.05) is 0 Å². The molecule has 0 spiro atoms. The summed E-state index contributed by atoms with van der Waals surface area (Å²) in [5.74, 6) is 0.147. The molecule has 1 rings (SSSR count). The van der Waals surface area contributed by atoms with Gasteiger partial charge in [-0.25, -0.2) is 4.79 Å². The summed E-state index contributed by atoms with van der Waals surface area (Å²) < 4.78 is 9.84. The molecule has 0 fully saturated rings. The van der Waals surface area contributed by atoms with Crippen LogP contribution in [0, 0.1) is 0 Å². The lowest BCUT2D eigenvalue weighted by atomic mass is 10.2. The molecule has 0 aromatic heterocycles. The van der Waals surface area contributed by atoms with Crippen molar-refractivity contribution in [2.45, 2.75) is 6.92 Å². The zero-order chi connectivity index (χ0) is 13.4. The number of methoxy groups -OCH3 is 1. The molecule has 5 heteroatoms. The summed E-state index contributed by atoms with van der Waals surface area (Å²) in [6, 6.07) is 7.06. The van der Waals surface area contributed by atoms with Crippen LogP contribution in [0.25, 0.3) is 6.08 Å². The fraction of sp³-hybridized carbons (Fsp3) is 0.231. The molecule has 0 saturated heterocycles. The van der Waals surface area contributed by atoms with E-state index < -0.39 is 5.97 Å². The molecule has 0 unspecified atom stereocenters. The van der Waals surface area contributed by atoms with Crippen LogP contribution in [0.3, 0.4) is 0 Å². The maximum Gasteiger partial charge on any atom is 0.354 e. The second-order valence-electron chi connectivity index (χ2n) is 3.31. The number of rotatable bonds is 6. The van der Waals surface area contributed by atoms with E-state index in [1.54, 1.807) is 38.3 Å². The number of carbonyl (C=O) groups excluding carboxylic acids is 2. The fourth-order valence-electron chi connectivity index (χ4n) is 1.30. The molecule has 0 atom stereocenters. The lowest BCUT2D eigenvalue weighted by Crippen LogP contribution is -2.20. The summed E-state index contributed by atoms with van der Waals surface area (Å²) in [4.78, 5) is 22.0. The predicted molar refractivity (Wildman–Crippen MR) is 66.8 cm³/mol. The standard InChI is InChI=1S/C13H15NO4/c1-3-18-13(16)12(14-9-15)8-10-4-6-11(17-2)7-5-10/h4-9H,3H2,1-2H3,(H,14,15)/b12-8+. The van der Waals surface area contributed by atoms with Gasteiger partial charge in [0.05, 0.1) is 13.7 Å². The lowest BCUT2D eigenvalue weighted by molar-refractivity contribution is -0.139. The van der Waals surface area contributed by atoms with E-state index in [-0.39, 0.29) is 12.3 Å². The monoisotopic (exact) mass is 249 g/mol. The minimum atomic E-state index is -0.569. The number of hydrogen-bond donors (Lipinski definition) is 1. The van der Waals surface area contributed by atoms with E-state index in [1.165, 1.54) is 6.08 Å². The van der Waals surface area contributed by atoms with Gasteiger partial charge in [0.15, 0.2) is 0 Å². The van der Waals surface area contributed by atoms with E-state index in [0.29, 0.717) is 12.2 Å². The Balaban J connectivity index is 2.92. The Morgan fingerprint density at radius 3 is 2.50 bits per heavy atom. The average molecular weight is 249 g/mol. The molecular weight excluding hydrogens is 234 g/mol. The third kappa shape index (κ3) is 3.93. The number of ether oxygens (including phenoxy) is 2. The first-order chi connectivity index (χ1) is 8.71. The first-order valence-electron chi connectivity index (χ1n) is 5.44. The van der Waals surface area contributed by atoms with Crippen molar-refractivity contribution in [2.24, 2.45) is 0 Å². The number of amides is 1. The van der Waals surface area contributed by atoms with Crippen LogP contribution in [0.2, 0.25) is 0 Å². The van der Waals surface area contributed by atoms with Crippen molar-refractivity contribution in [3.63, 3.8) is 0 Å². The Bertz CT molecular complexity index is 437. The quantitative estimate of drug-likeness (QED) is 0.469. The van der Waals surface area contributed by atoms with Gasteiger partial charge in [0.1, 0.15) is 11.4 Å². The summed E-state index contributed by atoms with van der Waals surface area (Å²) >= 11 is 0. The van der Waals surface area contributed by atoms with Crippen LogP contribution < -0.4 is 10.1 Å². The minimum Gasteiger partial charge on any atom is -0.497 e. The third-order valence-corrected chi connectivity index (χ3v) is 2.14. The van der Waals surface area contributed by atoms with Crippen molar-refractivity contribution in [1.82, 2.24) is 5.32 Å². The normalized spacial score (nSPS) is 10.7. The summed E-state index contributed by atoms with van der Waals surface area (Å²) in [5.41, 5.74) is 0.852. The molecule has 1 amide bonds. The number of esters is 1. The van der Waals surface area contributed by atoms with Crippen LogP contribution in [0.5, 0.6) is 5.75 Å². The first kappa shape index (κ1) is 13.8. The maximum absolute atomic E-state index is 11.5. The van der Waals surface area contributed by atoms with Crippen LogP contribution in [0.4, 0.5) is 0 Å². The molecule has 1 aromatic carbocycles. The molecule has 0 bridgehead atoms. The Hall–Kier alpha value is -2.30. The van der Waals surface area contributed by atoms with Crippen molar-refractivity contribution < 1.29 is 19.1 Å². The van der Waals surface area contributed by atoms with Crippen molar-refractivity contribution in [3.05, 3.63) is 35.5 Å². The highest BCUT2D eigenvalue weighted by Gasteiger charge is 2.09. The molecule has 0 saturated carbocycles. The maximum atomic E-state index is 11.5. The van der Waals surface area contributed by atoms with Crippen molar-refractivity contribution in [2.75, 3.05) is 13.7 Å². The highest BCUT2D eigenvalue weighted by atomic mass is 16.5. The highest BCUT2D eigenvalue weighted by molar-refractivity contribution is 5.95. The van der Waals surface area contributed by atoms with Gasteiger partial charge in [-0.3, -0.25) is 4.79 Å². The molecule has 0 radical (unpaired) electrons. The van der Waals surface area contributed by atoms with Gasteiger partial charge in [0.25, 0.3) is 0 Å². The predicted octanol–water partition coefficient (Wildman–Crippen LogP) is 1.35. The summed E-state index contributed by atoms with van der Waals surface area (Å²) in [6.07, 6.45) is 1.97. The minimum absolute atomic E-state index is 0.0945. The molecule has 0 heterocycles. The van der Waals surface area contributed by atoms with Gasteiger partial charge in [-0.1, -0.05) is 12.1 Å². The number of benzene rings is 1. The van der Waals surface area contributed by atoms with Crippen LogP contribution in [-0.2, 0) is 14.3 Å². The van der Waals surface area contributed by atoms with Crippen molar-refractivity contribution in [3.8, 4) is 5.75 Å². The van der Waals surface area contributed by atoms with E-state index in [0.717, 1.165) is 5.56 Å². The molecule has 0 aliphatic heterocycles. The zero-order valence-electron chi connectivity index (χ0n) is 10.3. The van der Waals surface area contributed by atoms with Gasteiger partial charge in [-0.15, -0.1) is 0 Å². The largest absolute Gasteiger partial charge is 0.497 e. The van der Waals surface area contributed by atoms with E-state index in [2.05, 4.69) is 5.32 Å². The van der Waals surface area contributed by atoms with Crippen LogP contribution in [0.1, 0.15) is 12.5 Å². The van der Waals surface area contributed by atoms with Crippen molar-refractivity contribution in [1.29, 1.82) is 0 Å². The first-order valence-corrected chi connectivity index (χ1v) is 5.44. The number of nitrogens with one attached hydrogen (secondary N) is 1. The van der Waals surface area contributed by atoms with Crippen LogP contribution >= 0.6 is 0 Å². The summed E-state index contributed by atoms with van der Waals surface area (Å²) in [6.45, 7) is 1.95. The van der Waals surface area contributed by atoms with E-state index in [4.69, 9.17) is 9.47 Å². The second-order valence-corrected chi connectivity index (χ2v) is 3.31. The Morgan fingerprint density at radius 1 is 1.33 bits per heavy atom. The van der Waals surface area contributed by atoms with E-state index in [9.17, 15) is 9.59 Å². The lowest BCUT2D eigenvalue weighted by Gasteiger charge is -2.05. The average Bonchev–Trinajstić information content (AvgIpc) is 2.39. The van der Waals surface area contributed by atoms with Gasteiger partial charge >= 0.3 is 5.97 Å². The van der Waals surface area contributed by atoms with Gasteiger partial charge in [-0.2, -0.15) is 0 Å². The SMILES string of the molecule is CCOC(=O)/C(=C\c1ccc(OC)cc1)NC=O. The summed E-state index contributed by atoms with van der Waals surface area (Å²) in [5, 5.41) is 2.32. The molecule has 1 N–H and O–H groups in total. The molecule has 0 aliphatic carbocycles. The van der Waals surface area contributed by atoms with Gasteiger partial charge < -0.3 is 14.8 Å². The fourth-order valence-corrected chi connectivity index (χ4v) is 1.30. The van der Waals surface area contributed by atoms with Crippen molar-refractivity contribution >= 4 is 18.5 Å². The van der Waals surface area contributed by atoms with Gasteiger partial charge in [-0.05, 0) is 30.7 Å².